The zero-order valence-corrected chi connectivity index (χ0v) is 15.7. The molecule has 0 heterocycles. The average Bonchev–Trinajstić information content (AvgIpc) is 2.60. The average molecular weight is 356 g/mol. The first kappa shape index (κ1) is 19.3. The number of ether oxygens (including phenoxy) is 3. The molecule has 0 aliphatic carbocycles. The molecule has 1 N–H and O–H groups in total. The van der Waals surface area contributed by atoms with Crippen molar-refractivity contribution in [2.24, 2.45) is 5.10 Å². The van der Waals surface area contributed by atoms with Crippen LogP contribution in [0.15, 0.2) is 41.5 Å². The molecule has 2 aromatic rings. The molecule has 0 saturated carbocycles. The number of methoxy groups -OCH3 is 2. The SMILES string of the molecule is COc1ccc(OC)c(/C=N/NC(=O)C(C)Oc2cc(C)cc(C)c2)c1. The summed E-state index contributed by atoms with van der Waals surface area (Å²) >= 11 is 0. The van der Waals surface area contributed by atoms with Crippen molar-refractivity contribution in [2.75, 3.05) is 14.2 Å². The van der Waals surface area contributed by atoms with E-state index in [4.69, 9.17) is 14.2 Å². The molecule has 138 valence electrons. The van der Waals surface area contributed by atoms with E-state index in [1.165, 1.54) is 6.21 Å². The summed E-state index contributed by atoms with van der Waals surface area (Å²) in [4.78, 5) is 12.2. The van der Waals surface area contributed by atoms with E-state index in [9.17, 15) is 4.79 Å². The van der Waals surface area contributed by atoms with Gasteiger partial charge in [-0.15, -0.1) is 0 Å². The molecule has 0 aliphatic rings. The lowest BCUT2D eigenvalue weighted by Crippen LogP contribution is -2.33. The van der Waals surface area contributed by atoms with Gasteiger partial charge in [0.1, 0.15) is 17.2 Å². The minimum atomic E-state index is -0.680. The number of carbonyl (C=O) groups excluding carboxylic acids is 1. The normalized spacial score (nSPS) is 11.9. The fourth-order valence-corrected chi connectivity index (χ4v) is 2.46. The molecule has 6 nitrogen and oxygen atoms in total. The van der Waals surface area contributed by atoms with Crippen LogP contribution in [0.2, 0.25) is 0 Å². The van der Waals surface area contributed by atoms with Crippen LogP contribution in [0.25, 0.3) is 0 Å². The number of carbonyl (C=O) groups is 1. The standard InChI is InChI=1S/C20H24N2O4/c1-13-8-14(2)10-18(9-13)26-15(3)20(23)22-21-12-16-11-17(24-4)6-7-19(16)25-5/h6-12,15H,1-5H3,(H,22,23)/b21-12+. The Morgan fingerprint density at radius 2 is 1.73 bits per heavy atom. The lowest BCUT2D eigenvalue weighted by atomic mass is 10.1. The molecule has 0 aliphatic heterocycles. The molecule has 0 bridgehead atoms. The Hall–Kier alpha value is -3.02. The monoisotopic (exact) mass is 356 g/mol. The molecule has 0 fully saturated rings. The van der Waals surface area contributed by atoms with Crippen molar-refractivity contribution in [3.63, 3.8) is 0 Å². The van der Waals surface area contributed by atoms with Crippen molar-refractivity contribution in [2.45, 2.75) is 26.9 Å². The molecular formula is C20H24N2O4. The summed E-state index contributed by atoms with van der Waals surface area (Å²) in [6.45, 7) is 5.64. The molecule has 0 aromatic heterocycles. The summed E-state index contributed by atoms with van der Waals surface area (Å²) in [6.07, 6.45) is 0.823. The van der Waals surface area contributed by atoms with Crippen LogP contribution in [-0.2, 0) is 4.79 Å². The summed E-state index contributed by atoms with van der Waals surface area (Å²) in [6, 6.07) is 11.2. The van der Waals surface area contributed by atoms with Crippen molar-refractivity contribution in [1.82, 2.24) is 5.43 Å². The first-order valence-electron chi connectivity index (χ1n) is 8.23. The zero-order valence-electron chi connectivity index (χ0n) is 15.7. The van der Waals surface area contributed by atoms with E-state index in [1.54, 1.807) is 39.3 Å². The van der Waals surface area contributed by atoms with Gasteiger partial charge in [0.05, 0.1) is 20.4 Å². The van der Waals surface area contributed by atoms with Gasteiger partial charge in [0, 0.05) is 5.56 Å². The van der Waals surface area contributed by atoms with E-state index in [2.05, 4.69) is 10.5 Å². The Labute approximate surface area is 153 Å². The molecule has 1 atom stereocenters. The van der Waals surface area contributed by atoms with Gasteiger partial charge in [-0.1, -0.05) is 6.07 Å². The first-order chi connectivity index (χ1) is 12.4. The number of nitrogens with one attached hydrogen (secondary N) is 1. The fraction of sp³-hybridized carbons (Fsp3) is 0.300. The maximum atomic E-state index is 12.2. The topological polar surface area (TPSA) is 69.2 Å². The van der Waals surface area contributed by atoms with Crippen LogP contribution in [-0.4, -0.2) is 32.4 Å². The summed E-state index contributed by atoms with van der Waals surface area (Å²) in [5, 5.41) is 3.98. The molecule has 2 rings (SSSR count). The van der Waals surface area contributed by atoms with Crippen LogP contribution >= 0.6 is 0 Å². The third kappa shape index (κ3) is 5.24. The number of hydrogen-bond acceptors (Lipinski definition) is 5. The van der Waals surface area contributed by atoms with Crippen LogP contribution in [0.1, 0.15) is 23.6 Å². The van der Waals surface area contributed by atoms with Crippen molar-refractivity contribution in [3.8, 4) is 17.2 Å². The molecule has 1 amide bonds. The quantitative estimate of drug-likeness (QED) is 0.611. The summed E-state index contributed by atoms with van der Waals surface area (Å²) in [5.74, 6) is 1.61. The molecule has 1 unspecified atom stereocenters. The predicted molar refractivity (Wildman–Crippen MR) is 101 cm³/mol. The second kappa shape index (κ2) is 8.89. The van der Waals surface area contributed by atoms with Crippen molar-refractivity contribution >= 4 is 12.1 Å². The number of hydrazone groups is 1. The third-order valence-electron chi connectivity index (χ3n) is 3.69. The highest BCUT2D eigenvalue weighted by atomic mass is 16.5. The van der Waals surface area contributed by atoms with E-state index in [0.717, 1.165) is 11.1 Å². The Morgan fingerprint density at radius 3 is 2.35 bits per heavy atom. The smallest absolute Gasteiger partial charge is 0.280 e. The number of benzene rings is 2. The molecular weight excluding hydrogens is 332 g/mol. The van der Waals surface area contributed by atoms with E-state index in [0.29, 0.717) is 22.8 Å². The minimum Gasteiger partial charge on any atom is -0.497 e. The van der Waals surface area contributed by atoms with Gasteiger partial charge in [0.15, 0.2) is 6.10 Å². The third-order valence-corrected chi connectivity index (χ3v) is 3.69. The molecule has 0 spiro atoms. The van der Waals surface area contributed by atoms with E-state index in [-0.39, 0.29) is 5.91 Å². The lowest BCUT2D eigenvalue weighted by Gasteiger charge is -2.14. The van der Waals surface area contributed by atoms with Crippen LogP contribution in [0.3, 0.4) is 0 Å². The largest absolute Gasteiger partial charge is 0.497 e. The van der Waals surface area contributed by atoms with Gasteiger partial charge in [-0.05, 0) is 62.2 Å². The number of hydrogen-bond donors (Lipinski definition) is 1. The van der Waals surface area contributed by atoms with Crippen molar-refractivity contribution < 1.29 is 19.0 Å². The maximum Gasteiger partial charge on any atom is 0.280 e. The Balaban J connectivity index is 2.00. The van der Waals surface area contributed by atoms with Crippen LogP contribution in [0.5, 0.6) is 17.2 Å². The van der Waals surface area contributed by atoms with Crippen molar-refractivity contribution in [3.05, 3.63) is 53.1 Å². The van der Waals surface area contributed by atoms with Crippen LogP contribution < -0.4 is 19.6 Å². The molecule has 0 radical (unpaired) electrons. The van der Waals surface area contributed by atoms with Gasteiger partial charge in [-0.3, -0.25) is 4.79 Å². The highest BCUT2D eigenvalue weighted by Crippen LogP contribution is 2.22. The highest BCUT2D eigenvalue weighted by Gasteiger charge is 2.14. The van der Waals surface area contributed by atoms with Gasteiger partial charge >= 0.3 is 0 Å². The molecule has 2 aromatic carbocycles. The first-order valence-corrected chi connectivity index (χ1v) is 8.23. The number of nitrogens with zero attached hydrogens (tertiary/aromatic N) is 1. The molecule has 6 heteroatoms. The van der Waals surface area contributed by atoms with E-state index >= 15 is 0 Å². The van der Waals surface area contributed by atoms with Crippen LogP contribution in [0.4, 0.5) is 0 Å². The second-order valence-electron chi connectivity index (χ2n) is 5.93. The molecule has 26 heavy (non-hydrogen) atoms. The van der Waals surface area contributed by atoms with Gasteiger partial charge < -0.3 is 14.2 Å². The number of rotatable bonds is 7. The number of aryl methyl sites for hydroxylation is 2. The summed E-state index contributed by atoms with van der Waals surface area (Å²) < 4.78 is 16.1. The van der Waals surface area contributed by atoms with E-state index < -0.39 is 6.10 Å². The Bertz CT molecular complexity index is 782. The fourth-order valence-electron chi connectivity index (χ4n) is 2.46. The zero-order chi connectivity index (χ0) is 19.1. The Morgan fingerprint density at radius 1 is 1.04 bits per heavy atom. The lowest BCUT2D eigenvalue weighted by molar-refractivity contribution is -0.127. The maximum absolute atomic E-state index is 12.2. The van der Waals surface area contributed by atoms with E-state index in [1.807, 2.05) is 32.0 Å². The number of amides is 1. The predicted octanol–water partition coefficient (Wildman–Crippen LogP) is 3.24. The van der Waals surface area contributed by atoms with Crippen LogP contribution in [0, 0.1) is 13.8 Å². The summed E-state index contributed by atoms with van der Waals surface area (Å²) in [7, 11) is 3.15. The highest BCUT2D eigenvalue weighted by molar-refractivity contribution is 5.86. The second-order valence-corrected chi connectivity index (χ2v) is 5.93. The summed E-state index contributed by atoms with van der Waals surface area (Å²) in [5.41, 5.74) is 5.33. The molecule has 0 saturated heterocycles. The Kier molecular flexibility index (Phi) is 6.60. The van der Waals surface area contributed by atoms with Gasteiger partial charge in [0.2, 0.25) is 0 Å². The van der Waals surface area contributed by atoms with Crippen molar-refractivity contribution in [1.29, 1.82) is 0 Å². The van der Waals surface area contributed by atoms with Gasteiger partial charge in [0.25, 0.3) is 5.91 Å². The van der Waals surface area contributed by atoms with Gasteiger partial charge in [-0.25, -0.2) is 5.43 Å². The van der Waals surface area contributed by atoms with Gasteiger partial charge in [-0.2, -0.15) is 5.10 Å². The minimum absolute atomic E-state index is 0.345.